The average Bonchev–Trinajstić information content (AvgIpc) is 1.45. The first-order valence-electron chi connectivity index (χ1n) is 48.3. The van der Waals surface area contributed by atoms with Gasteiger partial charge >= 0.3 is 0 Å². The Morgan fingerprint density at radius 3 is 0.657 bits per heavy atom. The molecule has 9 nitrogen and oxygen atoms in total. The van der Waals surface area contributed by atoms with Crippen LogP contribution in [0.2, 0.25) is 0 Å². The van der Waals surface area contributed by atoms with E-state index in [4.69, 9.17) is 4.74 Å². The van der Waals surface area contributed by atoms with Gasteiger partial charge in [0.2, 0.25) is 0 Å². The van der Waals surface area contributed by atoms with Crippen LogP contribution in [-0.2, 0) is 10.8 Å². The predicted octanol–water partition coefficient (Wildman–Crippen LogP) is 35.0. The smallest absolute Gasteiger partial charge is 0.132 e. The fraction of sp³-hybridized carbons (Fsp3) is 0.156. The molecule has 3 aliphatic rings. The Labute approximate surface area is 802 Å². The largest absolute Gasteiger partial charge is 0.457 e. The van der Waals surface area contributed by atoms with Gasteiger partial charge < -0.3 is 41.9 Å². The molecule has 0 atom stereocenters. The quantitative estimate of drug-likeness (QED) is 0.152. The normalized spacial score (nSPS) is 13.2. The summed E-state index contributed by atoms with van der Waals surface area (Å²) in [6, 6.07) is 154. The van der Waals surface area contributed by atoms with Gasteiger partial charge in [0.05, 0.1) is 38.5 Å². The third-order valence-corrected chi connectivity index (χ3v) is 28.8. The molecule has 0 radical (unpaired) electrons. The van der Waals surface area contributed by atoms with Crippen LogP contribution in [0.4, 0.5) is 22.7 Å². The second-order valence-electron chi connectivity index (χ2n) is 38.6. The number of hydrogen-bond acceptors (Lipinski definition) is 3. The maximum atomic E-state index is 6.40. The Kier molecular flexibility index (Phi) is 21.8. The number of aromatic nitrogens is 6. The molecule has 672 valence electrons. The van der Waals surface area contributed by atoms with E-state index in [0.717, 1.165) is 11.5 Å². The number of para-hydroxylation sites is 15. The minimum absolute atomic E-state index is 0. The van der Waals surface area contributed by atoms with E-state index in [1.54, 1.807) is 0 Å². The summed E-state index contributed by atoms with van der Waals surface area (Å²) in [5.41, 5.74) is 31.5. The summed E-state index contributed by atoms with van der Waals surface area (Å²) in [5, 5.41) is 15.6. The number of nitrogens with zero attached hydrogens (tertiary/aromatic N) is 8. The highest BCUT2D eigenvalue weighted by atomic mass is 16.5. The zero-order valence-electron chi connectivity index (χ0n) is 79.2. The molecule has 24 aromatic rings. The average molecular weight is 1780 g/mol. The van der Waals surface area contributed by atoms with E-state index in [1.165, 1.54) is 204 Å². The van der Waals surface area contributed by atoms with Crippen molar-refractivity contribution in [1.82, 2.24) is 27.4 Å². The van der Waals surface area contributed by atoms with Crippen molar-refractivity contribution < 1.29 is 4.74 Å². The summed E-state index contributed by atoms with van der Waals surface area (Å²) in [6.07, 6.45) is 0. The van der Waals surface area contributed by atoms with E-state index >= 15 is 0 Å². The first kappa shape index (κ1) is 86.6. The number of hydrogen-bond donors (Lipinski definition) is 0. The molecule has 1 spiro atoms. The van der Waals surface area contributed by atoms with Crippen molar-refractivity contribution in [1.29, 1.82) is 0 Å². The van der Waals surface area contributed by atoms with Crippen LogP contribution >= 0.6 is 0 Å². The van der Waals surface area contributed by atoms with Gasteiger partial charge in [-0.05, 0) is 237 Å². The molecule has 137 heavy (non-hydrogen) atoms. The first-order chi connectivity index (χ1) is 66.5. The van der Waals surface area contributed by atoms with E-state index < -0.39 is 5.41 Å². The maximum absolute atomic E-state index is 6.40. The van der Waals surface area contributed by atoms with Gasteiger partial charge in [0.1, 0.15) is 11.5 Å². The van der Waals surface area contributed by atoms with E-state index in [9.17, 15) is 0 Å². The fourth-order valence-electron chi connectivity index (χ4n) is 23.3. The zero-order valence-corrected chi connectivity index (χ0v) is 79.2. The molecule has 0 saturated carbocycles. The van der Waals surface area contributed by atoms with Crippen molar-refractivity contribution in [2.75, 3.05) is 9.80 Å². The van der Waals surface area contributed by atoms with Gasteiger partial charge in [-0.3, -0.25) is 0 Å². The van der Waals surface area contributed by atoms with Crippen molar-refractivity contribution >= 4 is 154 Å². The minimum atomic E-state index is -0.413. The number of rotatable bonds is 8. The number of anilines is 4. The Hall–Kier alpha value is -15.8. The molecule has 9 heteroatoms. The van der Waals surface area contributed by atoms with Crippen LogP contribution in [0, 0.1) is 0 Å². The molecule has 0 saturated heterocycles. The summed E-state index contributed by atoms with van der Waals surface area (Å²) in [5.74, 6) is 1.86. The molecule has 27 rings (SSSR count). The molecule has 0 fully saturated rings. The van der Waals surface area contributed by atoms with Crippen LogP contribution in [0.3, 0.4) is 0 Å². The molecule has 18 aromatic carbocycles. The highest BCUT2D eigenvalue weighted by Gasteiger charge is 2.51. The molecular weight excluding hydrogens is 1670 g/mol. The standard InChI is InChI=1S/C39H29N3.C28H23NO.C27H22N2.C18H21N.C15H15N.CH4/c1-25(2)40-38-21-19-26(41-34-15-7-3-11-28(34)29-12-4-8-16-35(29)41)23-32(38)33-24-27(20-22-39(33)40)42-36-17-9-5-13-30(36)31-14-6-10-18-37(31)42;1-19(2)29-24-15-7-3-11-20(24)28(21-12-4-8-16-25(21)29)22-13-5-9-17-26(22)30-27-18-10-6-14-23(27)28;1-18(2)28-24-12-6-5-11-22(24)23-17-19(15-16-27(23)28)29-25-13-7-3-9-20(25)21-10-4-8-14-26(21)29;1-13(2)19-16-11-7-5-9-14(16)18(3,4)15-10-6-8-12-17(15)19;1-11(2)16-14-9-5-3-7-12(14)13-8-4-6-10-15(13)16;/h3-25H,1-2H3;3-19H,1-2H3;3-18H,1-2H3;5-13H,1-4H3;3-11H,1-2H3;1H4. The molecule has 6 aromatic heterocycles. The molecular formula is C128H114N8O. The zero-order chi connectivity index (χ0) is 92.5. The summed E-state index contributed by atoms with van der Waals surface area (Å²) in [4.78, 5) is 4.92. The van der Waals surface area contributed by atoms with Crippen LogP contribution in [-0.4, -0.2) is 39.5 Å². The van der Waals surface area contributed by atoms with Crippen LogP contribution in [0.5, 0.6) is 11.5 Å². The van der Waals surface area contributed by atoms with Gasteiger partial charge in [0.25, 0.3) is 0 Å². The van der Waals surface area contributed by atoms with Crippen LogP contribution in [0.1, 0.15) is 142 Å². The van der Waals surface area contributed by atoms with Gasteiger partial charge in [-0.2, -0.15) is 0 Å². The Balaban J connectivity index is 0.000000103. The molecule has 0 N–H and O–H groups in total. The van der Waals surface area contributed by atoms with Gasteiger partial charge in [0.15, 0.2) is 0 Å². The summed E-state index contributed by atoms with van der Waals surface area (Å²) in [7, 11) is 0. The second-order valence-corrected chi connectivity index (χ2v) is 38.6. The van der Waals surface area contributed by atoms with Crippen LogP contribution in [0.25, 0.3) is 148 Å². The van der Waals surface area contributed by atoms with E-state index in [2.05, 4.69) is 539 Å². The maximum Gasteiger partial charge on any atom is 0.132 e. The second kappa shape index (κ2) is 34.6. The van der Waals surface area contributed by atoms with Crippen molar-refractivity contribution in [3.05, 3.63) is 452 Å². The third kappa shape index (κ3) is 13.8. The monoisotopic (exact) mass is 1780 g/mol. The van der Waals surface area contributed by atoms with E-state index in [-0.39, 0.29) is 12.8 Å². The van der Waals surface area contributed by atoms with Gasteiger partial charge in [-0.1, -0.05) is 294 Å². The fourth-order valence-corrected chi connectivity index (χ4v) is 23.3. The lowest BCUT2D eigenvalue weighted by Gasteiger charge is -2.49. The molecule has 9 heterocycles. The van der Waals surface area contributed by atoms with Crippen molar-refractivity contribution in [3.63, 3.8) is 0 Å². The lowest BCUT2D eigenvalue weighted by Crippen LogP contribution is -2.42. The lowest BCUT2D eigenvalue weighted by atomic mass is 9.61. The third-order valence-electron chi connectivity index (χ3n) is 28.8. The van der Waals surface area contributed by atoms with Gasteiger partial charge in [0, 0.05) is 184 Å². The Morgan fingerprint density at radius 1 is 0.190 bits per heavy atom. The number of fused-ring (bicyclic) bond motifs is 28. The first-order valence-corrected chi connectivity index (χ1v) is 48.3. The van der Waals surface area contributed by atoms with E-state index in [0.29, 0.717) is 30.2 Å². The highest BCUT2D eigenvalue weighted by Crippen LogP contribution is 2.62. The van der Waals surface area contributed by atoms with Crippen LogP contribution < -0.4 is 14.5 Å². The van der Waals surface area contributed by atoms with Crippen molar-refractivity contribution in [2.45, 2.75) is 132 Å². The molecule has 0 bridgehead atoms. The van der Waals surface area contributed by atoms with Crippen molar-refractivity contribution in [3.8, 4) is 28.6 Å². The Morgan fingerprint density at radius 2 is 0.387 bits per heavy atom. The minimum Gasteiger partial charge on any atom is -0.457 e. The lowest BCUT2D eigenvalue weighted by molar-refractivity contribution is 0.433. The predicted molar refractivity (Wildman–Crippen MR) is 584 cm³/mol. The van der Waals surface area contributed by atoms with E-state index in [1.807, 2.05) is 0 Å². The summed E-state index contributed by atoms with van der Waals surface area (Å²) in [6.45, 7) is 27.2. The Bertz CT molecular complexity index is 8260. The molecule has 0 unspecified atom stereocenters. The van der Waals surface area contributed by atoms with Gasteiger partial charge in [-0.25, -0.2) is 0 Å². The topological polar surface area (TPSA) is 45.3 Å². The molecule has 3 aliphatic heterocycles. The molecule has 0 aliphatic carbocycles. The summed E-state index contributed by atoms with van der Waals surface area (Å²) < 4.78 is 21.0. The summed E-state index contributed by atoms with van der Waals surface area (Å²) >= 11 is 0. The van der Waals surface area contributed by atoms with Crippen molar-refractivity contribution in [2.24, 2.45) is 0 Å². The van der Waals surface area contributed by atoms with Gasteiger partial charge in [-0.15, -0.1) is 0 Å². The number of benzene rings is 18. The van der Waals surface area contributed by atoms with Crippen LogP contribution in [0.15, 0.2) is 419 Å². The number of ether oxygens (including phenoxy) is 1. The highest BCUT2D eigenvalue weighted by molar-refractivity contribution is 6.16. The SMILES string of the molecule is C.CC(C)N1c2ccccc2C(C)(C)c2ccccc21.CC(C)N1c2ccccc2C2(c3ccccc3Oc3ccccc32)c2ccccc21.CC(C)n1c2ccc(-n3c4ccccc4c4ccccc43)cc2c2cc(-n3c4ccccc4c4ccccc43)ccc21.CC(C)n1c2ccccc2c2cc(-n3c4ccccc4c4ccccc43)ccc21.CC(C)n1c2ccccc2c2ccccc21. The molecule has 0 amide bonds.